The first-order valence-corrected chi connectivity index (χ1v) is 8.31. The smallest absolute Gasteiger partial charge is 0.253 e. The number of aromatic nitrogens is 3. The highest BCUT2D eigenvalue weighted by molar-refractivity contribution is 5.94. The molecule has 0 aliphatic heterocycles. The Kier molecular flexibility index (Phi) is 4.65. The number of hydrogen-bond acceptors (Lipinski definition) is 3. The van der Waals surface area contributed by atoms with Gasteiger partial charge in [-0.15, -0.1) is 0 Å². The fourth-order valence-electron chi connectivity index (χ4n) is 2.85. The zero-order valence-corrected chi connectivity index (χ0v) is 14.9. The van der Waals surface area contributed by atoms with Crippen molar-refractivity contribution in [3.05, 3.63) is 76.9 Å². The standard InChI is InChI=1S/C20H22N4O/c1-13-7-5-6-8-19(13)24-16(4)18(12-22-24)15(3)23-20(25)17-10-9-14(2)21-11-17/h5-12,15H,1-4H3,(H,23,25)/t15-/m1/s1. The van der Waals surface area contributed by atoms with E-state index in [0.29, 0.717) is 5.56 Å². The van der Waals surface area contributed by atoms with E-state index >= 15 is 0 Å². The fraction of sp³-hybridized carbons (Fsp3) is 0.250. The molecule has 1 amide bonds. The van der Waals surface area contributed by atoms with Gasteiger partial charge >= 0.3 is 0 Å². The number of aryl methyl sites for hydroxylation is 2. The number of para-hydroxylation sites is 1. The Hall–Kier alpha value is -2.95. The lowest BCUT2D eigenvalue weighted by atomic mass is 10.1. The van der Waals surface area contributed by atoms with E-state index in [1.165, 1.54) is 0 Å². The Balaban J connectivity index is 1.81. The van der Waals surface area contributed by atoms with E-state index in [9.17, 15) is 4.79 Å². The van der Waals surface area contributed by atoms with Crippen LogP contribution in [0, 0.1) is 20.8 Å². The number of carbonyl (C=O) groups excluding carboxylic acids is 1. The van der Waals surface area contributed by atoms with E-state index in [0.717, 1.165) is 28.2 Å². The van der Waals surface area contributed by atoms with E-state index in [-0.39, 0.29) is 11.9 Å². The molecule has 3 aromatic rings. The molecule has 0 radical (unpaired) electrons. The zero-order chi connectivity index (χ0) is 18.0. The molecular formula is C20H22N4O. The number of rotatable bonds is 4. The lowest BCUT2D eigenvalue weighted by molar-refractivity contribution is 0.0939. The molecule has 1 atom stereocenters. The summed E-state index contributed by atoms with van der Waals surface area (Å²) < 4.78 is 1.92. The summed E-state index contributed by atoms with van der Waals surface area (Å²) >= 11 is 0. The maximum absolute atomic E-state index is 12.4. The average molecular weight is 334 g/mol. The SMILES string of the molecule is Cc1ccc(C(=O)N[C@H](C)c2cnn(-c3ccccc3C)c2C)cn1. The van der Waals surface area contributed by atoms with Crippen molar-refractivity contribution in [3.8, 4) is 5.69 Å². The molecule has 0 spiro atoms. The van der Waals surface area contributed by atoms with Gasteiger partial charge in [-0.2, -0.15) is 5.10 Å². The van der Waals surface area contributed by atoms with E-state index in [1.54, 1.807) is 12.3 Å². The summed E-state index contributed by atoms with van der Waals surface area (Å²) in [6, 6.07) is 11.6. The molecule has 25 heavy (non-hydrogen) atoms. The number of pyridine rings is 1. The number of amides is 1. The molecule has 128 valence electrons. The van der Waals surface area contributed by atoms with Gasteiger partial charge in [0.1, 0.15) is 0 Å². The van der Waals surface area contributed by atoms with Crippen LogP contribution >= 0.6 is 0 Å². The third-order valence-electron chi connectivity index (χ3n) is 4.38. The van der Waals surface area contributed by atoms with E-state index in [2.05, 4.69) is 28.4 Å². The molecule has 0 saturated carbocycles. The quantitative estimate of drug-likeness (QED) is 0.792. The van der Waals surface area contributed by atoms with Crippen molar-refractivity contribution >= 4 is 5.91 Å². The van der Waals surface area contributed by atoms with Crippen molar-refractivity contribution in [3.63, 3.8) is 0 Å². The van der Waals surface area contributed by atoms with Crippen LogP contribution in [0.2, 0.25) is 0 Å². The van der Waals surface area contributed by atoms with Gasteiger partial charge in [0.15, 0.2) is 0 Å². The van der Waals surface area contributed by atoms with Crippen LogP contribution in [-0.2, 0) is 0 Å². The summed E-state index contributed by atoms with van der Waals surface area (Å²) in [6.45, 7) is 7.94. The largest absolute Gasteiger partial charge is 0.345 e. The summed E-state index contributed by atoms with van der Waals surface area (Å²) in [4.78, 5) is 16.6. The van der Waals surface area contributed by atoms with Gasteiger partial charge < -0.3 is 5.32 Å². The van der Waals surface area contributed by atoms with Crippen LogP contribution in [0.15, 0.2) is 48.8 Å². The van der Waals surface area contributed by atoms with Crippen molar-refractivity contribution in [2.75, 3.05) is 0 Å². The lowest BCUT2D eigenvalue weighted by Gasteiger charge is -2.14. The maximum atomic E-state index is 12.4. The summed E-state index contributed by atoms with van der Waals surface area (Å²) in [7, 11) is 0. The highest BCUT2D eigenvalue weighted by Gasteiger charge is 2.17. The zero-order valence-electron chi connectivity index (χ0n) is 14.9. The first-order valence-electron chi connectivity index (χ1n) is 8.31. The van der Waals surface area contributed by atoms with Gasteiger partial charge in [0.25, 0.3) is 5.91 Å². The summed E-state index contributed by atoms with van der Waals surface area (Å²) in [5.41, 5.74) is 5.66. The molecule has 5 nitrogen and oxygen atoms in total. The normalized spacial score (nSPS) is 12.0. The molecule has 1 aromatic carbocycles. The number of carbonyl (C=O) groups is 1. The molecule has 2 aromatic heterocycles. The third kappa shape index (κ3) is 3.45. The number of nitrogens with one attached hydrogen (secondary N) is 1. The molecule has 2 heterocycles. The van der Waals surface area contributed by atoms with Crippen molar-refractivity contribution < 1.29 is 4.79 Å². The lowest BCUT2D eigenvalue weighted by Crippen LogP contribution is -2.27. The third-order valence-corrected chi connectivity index (χ3v) is 4.38. The monoisotopic (exact) mass is 334 g/mol. The first kappa shape index (κ1) is 16.9. The van der Waals surface area contributed by atoms with Crippen molar-refractivity contribution in [2.45, 2.75) is 33.7 Å². The number of nitrogens with zero attached hydrogens (tertiary/aromatic N) is 3. The van der Waals surface area contributed by atoms with E-state index in [4.69, 9.17) is 0 Å². The number of hydrogen-bond donors (Lipinski definition) is 1. The second-order valence-corrected chi connectivity index (χ2v) is 6.27. The summed E-state index contributed by atoms with van der Waals surface area (Å²) in [5, 5.41) is 7.53. The van der Waals surface area contributed by atoms with Crippen molar-refractivity contribution in [2.24, 2.45) is 0 Å². The minimum Gasteiger partial charge on any atom is -0.345 e. The first-order chi connectivity index (χ1) is 12.0. The van der Waals surface area contributed by atoms with Crippen molar-refractivity contribution in [1.82, 2.24) is 20.1 Å². The molecular weight excluding hydrogens is 312 g/mol. The fourth-order valence-corrected chi connectivity index (χ4v) is 2.85. The van der Waals surface area contributed by atoms with Gasteiger partial charge in [-0.25, -0.2) is 4.68 Å². The Morgan fingerprint density at radius 1 is 1.08 bits per heavy atom. The van der Waals surface area contributed by atoms with Crippen LogP contribution in [0.4, 0.5) is 0 Å². The minimum atomic E-state index is -0.147. The van der Waals surface area contributed by atoms with Crippen LogP contribution in [0.5, 0.6) is 0 Å². The predicted molar refractivity (Wildman–Crippen MR) is 97.9 cm³/mol. The van der Waals surface area contributed by atoms with Gasteiger partial charge in [-0.1, -0.05) is 18.2 Å². The Morgan fingerprint density at radius 3 is 2.52 bits per heavy atom. The molecule has 3 rings (SSSR count). The molecule has 0 unspecified atom stereocenters. The van der Waals surface area contributed by atoms with Gasteiger partial charge in [-0.3, -0.25) is 9.78 Å². The van der Waals surface area contributed by atoms with Crippen LogP contribution in [0.1, 0.15) is 45.8 Å². The van der Waals surface area contributed by atoms with Crippen LogP contribution in [0.3, 0.4) is 0 Å². The molecule has 0 aliphatic rings. The summed E-state index contributed by atoms with van der Waals surface area (Å²) in [6.07, 6.45) is 3.42. The topological polar surface area (TPSA) is 59.8 Å². The number of benzene rings is 1. The van der Waals surface area contributed by atoms with Crippen LogP contribution < -0.4 is 5.32 Å². The Morgan fingerprint density at radius 2 is 1.84 bits per heavy atom. The second-order valence-electron chi connectivity index (χ2n) is 6.27. The highest BCUT2D eigenvalue weighted by Crippen LogP contribution is 2.22. The maximum Gasteiger partial charge on any atom is 0.253 e. The molecule has 0 saturated heterocycles. The molecule has 0 aliphatic carbocycles. The Labute approximate surface area is 147 Å². The molecule has 0 bridgehead atoms. The second kappa shape index (κ2) is 6.89. The average Bonchev–Trinajstić information content (AvgIpc) is 2.97. The molecule has 1 N–H and O–H groups in total. The molecule has 5 heteroatoms. The van der Waals surface area contributed by atoms with Gasteiger partial charge in [0.05, 0.1) is 23.5 Å². The van der Waals surface area contributed by atoms with Gasteiger partial charge in [-0.05, 0) is 51.5 Å². The predicted octanol–water partition coefficient (Wildman–Crippen LogP) is 3.68. The van der Waals surface area contributed by atoms with Crippen molar-refractivity contribution in [1.29, 1.82) is 0 Å². The molecule has 0 fully saturated rings. The minimum absolute atomic E-state index is 0.136. The van der Waals surface area contributed by atoms with E-state index in [1.807, 2.05) is 55.9 Å². The summed E-state index contributed by atoms with van der Waals surface area (Å²) in [5.74, 6) is -0.136. The van der Waals surface area contributed by atoms with E-state index < -0.39 is 0 Å². The van der Waals surface area contributed by atoms with Gasteiger partial charge in [0.2, 0.25) is 0 Å². The van der Waals surface area contributed by atoms with Crippen LogP contribution in [0.25, 0.3) is 5.69 Å². The Bertz CT molecular complexity index is 896. The van der Waals surface area contributed by atoms with Crippen LogP contribution in [-0.4, -0.2) is 20.7 Å². The highest BCUT2D eigenvalue weighted by atomic mass is 16.1. The van der Waals surface area contributed by atoms with Gasteiger partial charge in [0, 0.05) is 23.1 Å².